The maximum atomic E-state index is 12.7. The molecule has 2 aromatic rings. The molecule has 2 aromatic carbocycles. The second kappa shape index (κ2) is 9.10. The van der Waals surface area contributed by atoms with Crippen molar-refractivity contribution in [1.29, 1.82) is 0 Å². The molecule has 1 atom stereocenters. The molecule has 0 aromatic heterocycles. The van der Waals surface area contributed by atoms with Crippen molar-refractivity contribution in [2.24, 2.45) is 0 Å². The van der Waals surface area contributed by atoms with Crippen LogP contribution in [-0.4, -0.2) is 37.3 Å². The topological polar surface area (TPSA) is 41.6 Å². The number of amides is 1. The minimum atomic E-state index is -0.243. The first-order valence-corrected chi connectivity index (χ1v) is 9.88. The Hall–Kier alpha value is -1.98. The molecule has 0 bridgehead atoms. The summed E-state index contributed by atoms with van der Waals surface area (Å²) in [5.74, 6) is 0.923. The van der Waals surface area contributed by atoms with E-state index in [1.807, 2.05) is 58.3 Å². The molecule has 1 N–H and O–H groups in total. The van der Waals surface area contributed by atoms with Crippen molar-refractivity contribution in [3.63, 3.8) is 0 Å². The van der Waals surface area contributed by atoms with Gasteiger partial charge >= 0.3 is 0 Å². The van der Waals surface area contributed by atoms with Gasteiger partial charge in [0, 0.05) is 11.4 Å². The molecule has 1 unspecified atom stereocenters. The number of nitrogens with zero attached hydrogens (tertiary/aromatic N) is 1. The highest BCUT2D eigenvalue weighted by Gasteiger charge is 2.19. The van der Waals surface area contributed by atoms with E-state index >= 15 is 0 Å². The second-order valence-electron chi connectivity index (χ2n) is 6.54. The van der Waals surface area contributed by atoms with Crippen LogP contribution >= 0.6 is 11.8 Å². The van der Waals surface area contributed by atoms with Gasteiger partial charge in [0.15, 0.2) is 0 Å². The van der Waals surface area contributed by atoms with Crippen molar-refractivity contribution >= 4 is 23.4 Å². The molecule has 0 spiro atoms. The minimum Gasteiger partial charge on any atom is -0.496 e. The lowest BCUT2D eigenvalue weighted by Gasteiger charge is -2.25. The number of benzene rings is 2. The summed E-state index contributed by atoms with van der Waals surface area (Å²) in [4.78, 5) is 15.8. The summed E-state index contributed by atoms with van der Waals surface area (Å²) in [5, 5.41) is 3.05. The summed E-state index contributed by atoms with van der Waals surface area (Å²) in [6.07, 6.45) is 2.01. The van der Waals surface area contributed by atoms with E-state index in [2.05, 4.69) is 22.3 Å². The molecular weight excluding hydrogens is 344 g/mol. The second-order valence-corrected chi connectivity index (χ2v) is 7.39. The number of carbonyl (C=O) groups excluding carboxylic acids is 1. The standard InChI is InChI=1S/C21H28N2O2S/c1-14-11-17(12-15(2)20(14)25-5)13-23(4)16(3)21(24)22-18-9-7-8-10-19(18)26-6/h7-12,16H,13H2,1-6H3,(H,22,24). The molecule has 0 fully saturated rings. The highest BCUT2D eigenvalue weighted by atomic mass is 32.2. The lowest BCUT2D eigenvalue weighted by Crippen LogP contribution is -2.39. The molecule has 0 aliphatic heterocycles. The van der Waals surface area contributed by atoms with Crippen molar-refractivity contribution in [2.75, 3.05) is 25.7 Å². The first-order chi connectivity index (χ1) is 12.4. The number of para-hydroxylation sites is 1. The third-order valence-electron chi connectivity index (χ3n) is 4.56. The quantitative estimate of drug-likeness (QED) is 0.727. The summed E-state index contributed by atoms with van der Waals surface area (Å²) in [7, 11) is 3.67. The summed E-state index contributed by atoms with van der Waals surface area (Å²) < 4.78 is 5.43. The first-order valence-electron chi connectivity index (χ1n) is 8.65. The van der Waals surface area contributed by atoms with Crippen molar-refractivity contribution in [2.45, 2.75) is 38.3 Å². The Balaban J connectivity index is 2.07. The molecule has 0 saturated heterocycles. The van der Waals surface area contributed by atoms with E-state index < -0.39 is 0 Å². The molecule has 140 valence electrons. The average molecular weight is 373 g/mol. The molecule has 0 aliphatic rings. The van der Waals surface area contributed by atoms with E-state index in [1.165, 1.54) is 5.56 Å². The Morgan fingerprint density at radius 1 is 1.23 bits per heavy atom. The van der Waals surface area contributed by atoms with Crippen LogP contribution in [0, 0.1) is 13.8 Å². The van der Waals surface area contributed by atoms with Gasteiger partial charge in [0.1, 0.15) is 5.75 Å². The normalized spacial score (nSPS) is 12.1. The smallest absolute Gasteiger partial charge is 0.241 e. The Bertz CT molecular complexity index is 753. The van der Waals surface area contributed by atoms with Crippen LogP contribution in [0.5, 0.6) is 5.75 Å². The third kappa shape index (κ3) is 4.80. The molecule has 0 radical (unpaired) electrons. The van der Waals surface area contributed by atoms with E-state index in [4.69, 9.17) is 4.74 Å². The van der Waals surface area contributed by atoms with Gasteiger partial charge in [0.2, 0.25) is 5.91 Å². The van der Waals surface area contributed by atoms with Gasteiger partial charge in [-0.25, -0.2) is 0 Å². The number of thioether (sulfide) groups is 1. The van der Waals surface area contributed by atoms with Crippen LogP contribution in [0.25, 0.3) is 0 Å². The van der Waals surface area contributed by atoms with E-state index in [9.17, 15) is 4.79 Å². The van der Waals surface area contributed by atoms with Crippen LogP contribution < -0.4 is 10.1 Å². The Kier molecular flexibility index (Phi) is 7.12. The number of anilines is 1. The van der Waals surface area contributed by atoms with Crippen molar-refractivity contribution < 1.29 is 9.53 Å². The highest BCUT2D eigenvalue weighted by molar-refractivity contribution is 7.98. The maximum absolute atomic E-state index is 12.7. The predicted molar refractivity (Wildman–Crippen MR) is 110 cm³/mol. The third-order valence-corrected chi connectivity index (χ3v) is 5.36. The van der Waals surface area contributed by atoms with Crippen LogP contribution in [0.3, 0.4) is 0 Å². The van der Waals surface area contributed by atoms with Gasteiger partial charge in [-0.2, -0.15) is 0 Å². The summed E-state index contributed by atoms with van der Waals surface area (Å²) in [5.41, 5.74) is 4.26. The number of hydrogen-bond acceptors (Lipinski definition) is 4. The van der Waals surface area contributed by atoms with E-state index in [-0.39, 0.29) is 11.9 Å². The zero-order valence-corrected chi connectivity index (χ0v) is 17.2. The number of methoxy groups -OCH3 is 1. The molecule has 5 heteroatoms. The number of likely N-dealkylation sites (N-methyl/N-ethyl adjacent to an activating group) is 1. The van der Waals surface area contributed by atoms with E-state index in [0.717, 1.165) is 27.5 Å². The van der Waals surface area contributed by atoms with Crippen LogP contribution in [0.2, 0.25) is 0 Å². The minimum absolute atomic E-state index is 0.00374. The van der Waals surface area contributed by atoms with Crippen LogP contribution in [0.15, 0.2) is 41.3 Å². The molecule has 26 heavy (non-hydrogen) atoms. The van der Waals surface area contributed by atoms with Gasteiger partial charge in [0.05, 0.1) is 18.8 Å². The zero-order chi connectivity index (χ0) is 19.3. The fourth-order valence-electron chi connectivity index (χ4n) is 3.06. The summed E-state index contributed by atoms with van der Waals surface area (Å²) >= 11 is 1.63. The molecule has 1 amide bonds. The van der Waals surface area contributed by atoms with Crippen LogP contribution in [0.4, 0.5) is 5.69 Å². The number of aryl methyl sites for hydroxylation is 2. The van der Waals surface area contributed by atoms with Crippen molar-refractivity contribution in [1.82, 2.24) is 4.90 Å². The SMILES string of the molecule is COc1c(C)cc(CN(C)C(C)C(=O)Nc2ccccc2SC)cc1C. The van der Waals surface area contributed by atoms with Gasteiger partial charge < -0.3 is 10.1 Å². The number of hydrogen-bond donors (Lipinski definition) is 1. The largest absolute Gasteiger partial charge is 0.496 e. The zero-order valence-electron chi connectivity index (χ0n) is 16.4. The molecule has 4 nitrogen and oxygen atoms in total. The summed E-state index contributed by atoms with van der Waals surface area (Å²) in [6.45, 7) is 6.72. The Morgan fingerprint density at radius 2 is 1.85 bits per heavy atom. The van der Waals surface area contributed by atoms with Crippen molar-refractivity contribution in [3.8, 4) is 5.75 Å². The number of ether oxygens (including phenoxy) is 1. The van der Waals surface area contributed by atoms with E-state index in [1.54, 1.807) is 18.9 Å². The van der Waals surface area contributed by atoms with Gasteiger partial charge in [0.25, 0.3) is 0 Å². The predicted octanol–water partition coefficient (Wildman–Crippen LogP) is 4.49. The van der Waals surface area contributed by atoms with Crippen LogP contribution in [-0.2, 0) is 11.3 Å². The fraction of sp³-hybridized carbons (Fsp3) is 0.381. The Labute approximate surface area is 160 Å². The monoisotopic (exact) mass is 372 g/mol. The molecule has 0 saturated carbocycles. The highest BCUT2D eigenvalue weighted by Crippen LogP contribution is 2.26. The fourth-order valence-corrected chi connectivity index (χ4v) is 3.62. The van der Waals surface area contributed by atoms with Gasteiger partial charge in [-0.05, 0) is 62.9 Å². The molecule has 2 rings (SSSR count). The number of rotatable bonds is 7. The van der Waals surface area contributed by atoms with Gasteiger partial charge in [-0.1, -0.05) is 24.3 Å². The lowest BCUT2D eigenvalue weighted by atomic mass is 10.0. The molecule has 0 aliphatic carbocycles. The van der Waals surface area contributed by atoms with E-state index in [0.29, 0.717) is 6.54 Å². The number of carbonyl (C=O) groups is 1. The first kappa shape index (κ1) is 20.3. The summed E-state index contributed by atoms with van der Waals surface area (Å²) in [6, 6.07) is 11.9. The molecular formula is C21H28N2O2S. The van der Waals surface area contributed by atoms with Crippen molar-refractivity contribution in [3.05, 3.63) is 53.1 Å². The van der Waals surface area contributed by atoms with Gasteiger partial charge in [-0.3, -0.25) is 9.69 Å². The maximum Gasteiger partial charge on any atom is 0.241 e. The number of nitrogens with one attached hydrogen (secondary N) is 1. The molecule has 0 heterocycles. The lowest BCUT2D eigenvalue weighted by molar-refractivity contribution is -0.120. The Morgan fingerprint density at radius 3 is 2.42 bits per heavy atom. The van der Waals surface area contributed by atoms with Gasteiger partial charge in [-0.15, -0.1) is 11.8 Å². The average Bonchev–Trinajstić information content (AvgIpc) is 2.61. The van der Waals surface area contributed by atoms with Crippen LogP contribution in [0.1, 0.15) is 23.6 Å².